The van der Waals surface area contributed by atoms with Gasteiger partial charge in [0.2, 0.25) is 0 Å². The van der Waals surface area contributed by atoms with E-state index in [0.717, 1.165) is 32.1 Å². The average Bonchev–Trinajstić information content (AvgIpc) is 2.86. The summed E-state index contributed by atoms with van der Waals surface area (Å²) in [5.41, 5.74) is 4.03. The standard InChI is InChI=1S/C18H16BrNO/c1-12-6-7-13(2)15(10-12)18(21)11-20-9-8-14-16(19)4-3-5-17(14)20/h3-10H,11H2,1-2H3. The van der Waals surface area contributed by atoms with Gasteiger partial charge in [0.25, 0.3) is 0 Å². The second-order valence-corrected chi connectivity index (χ2v) is 6.21. The molecule has 2 aromatic carbocycles. The van der Waals surface area contributed by atoms with Crippen LogP contribution in [-0.2, 0) is 6.54 Å². The van der Waals surface area contributed by atoms with Crippen LogP contribution in [0.5, 0.6) is 0 Å². The van der Waals surface area contributed by atoms with Crippen molar-refractivity contribution >= 4 is 32.6 Å². The maximum Gasteiger partial charge on any atom is 0.182 e. The van der Waals surface area contributed by atoms with Crippen LogP contribution in [0.2, 0.25) is 0 Å². The summed E-state index contributed by atoms with van der Waals surface area (Å²) in [5, 5.41) is 1.13. The molecule has 0 unspecified atom stereocenters. The van der Waals surface area contributed by atoms with Gasteiger partial charge in [-0.15, -0.1) is 0 Å². The monoisotopic (exact) mass is 341 g/mol. The van der Waals surface area contributed by atoms with E-state index in [9.17, 15) is 4.79 Å². The first kappa shape index (κ1) is 14.1. The molecule has 0 bridgehead atoms. The normalized spacial score (nSPS) is 11.0. The smallest absolute Gasteiger partial charge is 0.182 e. The molecule has 0 amide bonds. The molecular weight excluding hydrogens is 326 g/mol. The van der Waals surface area contributed by atoms with E-state index >= 15 is 0 Å². The Morgan fingerprint density at radius 3 is 2.76 bits per heavy atom. The van der Waals surface area contributed by atoms with Gasteiger partial charge in [0.15, 0.2) is 5.78 Å². The van der Waals surface area contributed by atoms with Gasteiger partial charge in [0.1, 0.15) is 0 Å². The minimum Gasteiger partial charge on any atom is -0.340 e. The van der Waals surface area contributed by atoms with Crippen molar-refractivity contribution in [3.8, 4) is 0 Å². The van der Waals surface area contributed by atoms with E-state index in [1.54, 1.807) is 0 Å². The van der Waals surface area contributed by atoms with Crippen molar-refractivity contribution in [2.45, 2.75) is 20.4 Å². The highest BCUT2D eigenvalue weighted by atomic mass is 79.9. The first-order valence-corrected chi connectivity index (χ1v) is 7.69. The fourth-order valence-electron chi connectivity index (χ4n) is 2.60. The Morgan fingerprint density at radius 1 is 1.14 bits per heavy atom. The van der Waals surface area contributed by atoms with Crippen LogP contribution in [0.1, 0.15) is 21.5 Å². The van der Waals surface area contributed by atoms with Crippen LogP contribution in [0.3, 0.4) is 0 Å². The maximum absolute atomic E-state index is 12.6. The van der Waals surface area contributed by atoms with Gasteiger partial charge in [-0.05, 0) is 43.7 Å². The first-order valence-electron chi connectivity index (χ1n) is 6.90. The van der Waals surface area contributed by atoms with Gasteiger partial charge in [-0.1, -0.05) is 39.7 Å². The molecule has 3 aromatic rings. The third kappa shape index (κ3) is 2.66. The number of halogens is 1. The van der Waals surface area contributed by atoms with Crippen LogP contribution in [-0.4, -0.2) is 10.4 Å². The number of nitrogens with zero attached hydrogens (tertiary/aromatic N) is 1. The minimum absolute atomic E-state index is 0.147. The van der Waals surface area contributed by atoms with Crippen molar-refractivity contribution < 1.29 is 4.79 Å². The summed E-state index contributed by atoms with van der Waals surface area (Å²) >= 11 is 3.54. The summed E-state index contributed by atoms with van der Waals surface area (Å²) in [7, 11) is 0. The molecule has 0 aliphatic heterocycles. The number of Topliss-reactive ketones (excluding diaryl/α,β-unsaturated/α-hetero) is 1. The summed E-state index contributed by atoms with van der Waals surface area (Å²) < 4.78 is 3.06. The topological polar surface area (TPSA) is 22.0 Å². The number of rotatable bonds is 3. The summed E-state index contributed by atoms with van der Waals surface area (Å²) in [5.74, 6) is 0.147. The molecule has 106 valence electrons. The van der Waals surface area contributed by atoms with Crippen LogP contribution < -0.4 is 0 Å². The summed E-state index contributed by atoms with van der Waals surface area (Å²) in [6.45, 7) is 4.36. The van der Waals surface area contributed by atoms with Gasteiger partial charge in [-0.2, -0.15) is 0 Å². The van der Waals surface area contributed by atoms with Crippen molar-refractivity contribution in [3.63, 3.8) is 0 Å². The Hall–Kier alpha value is -1.87. The molecule has 0 fully saturated rings. The largest absolute Gasteiger partial charge is 0.340 e. The lowest BCUT2D eigenvalue weighted by Crippen LogP contribution is -2.11. The first-order chi connectivity index (χ1) is 10.1. The highest BCUT2D eigenvalue weighted by molar-refractivity contribution is 9.10. The Labute approximate surface area is 132 Å². The second kappa shape index (κ2) is 5.49. The molecule has 3 heteroatoms. The molecule has 0 N–H and O–H groups in total. The zero-order chi connectivity index (χ0) is 15.0. The van der Waals surface area contributed by atoms with E-state index in [1.807, 2.05) is 67.1 Å². The highest BCUT2D eigenvalue weighted by Crippen LogP contribution is 2.25. The van der Waals surface area contributed by atoms with Crippen molar-refractivity contribution in [2.75, 3.05) is 0 Å². The number of benzene rings is 2. The SMILES string of the molecule is Cc1ccc(C)c(C(=O)Cn2ccc3c(Br)cccc32)c1. The maximum atomic E-state index is 12.6. The Bertz CT molecular complexity index is 832. The predicted molar refractivity (Wildman–Crippen MR) is 89.9 cm³/mol. The average molecular weight is 342 g/mol. The number of fused-ring (bicyclic) bond motifs is 1. The van der Waals surface area contributed by atoms with Gasteiger partial charge < -0.3 is 4.57 Å². The molecule has 0 aliphatic carbocycles. The van der Waals surface area contributed by atoms with E-state index in [1.165, 1.54) is 0 Å². The quantitative estimate of drug-likeness (QED) is 0.620. The number of carbonyl (C=O) groups excluding carboxylic acids is 1. The van der Waals surface area contributed by atoms with Crippen molar-refractivity contribution in [2.24, 2.45) is 0 Å². The lowest BCUT2D eigenvalue weighted by atomic mass is 10.0. The Kier molecular flexibility index (Phi) is 3.68. The lowest BCUT2D eigenvalue weighted by molar-refractivity contribution is 0.0973. The van der Waals surface area contributed by atoms with Crippen LogP contribution in [0, 0.1) is 13.8 Å². The zero-order valence-corrected chi connectivity index (χ0v) is 13.6. The molecule has 0 spiro atoms. The van der Waals surface area contributed by atoms with E-state index in [0.29, 0.717) is 6.54 Å². The van der Waals surface area contributed by atoms with Crippen LogP contribution in [0.25, 0.3) is 10.9 Å². The molecule has 21 heavy (non-hydrogen) atoms. The summed E-state index contributed by atoms with van der Waals surface area (Å²) in [6, 6.07) is 14.1. The van der Waals surface area contributed by atoms with Crippen LogP contribution in [0.15, 0.2) is 53.1 Å². The molecular formula is C18H16BrNO. The van der Waals surface area contributed by atoms with Crippen molar-refractivity contribution in [1.29, 1.82) is 0 Å². The number of aromatic nitrogens is 1. The molecule has 3 rings (SSSR count). The summed E-state index contributed by atoms with van der Waals surface area (Å²) in [6.07, 6.45) is 1.97. The fourth-order valence-corrected chi connectivity index (χ4v) is 3.09. The number of carbonyl (C=O) groups is 1. The van der Waals surface area contributed by atoms with E-state index < -0.39 is 0 Å². The van der Waals surface area contributed by atoms with Crippen LogP contribution >= 0.6 is 15.9 Å². The van der Waals surface area contributed by atoms with E-state index in [4.69, 9.17) is 0 Å². The van der Waals surface area contributed by atoms with Gasteiger partial charge in [-0.25, -0.2) is 0 Å². The molecule has 2 nitrogen and oxygen atoms in total. The van der Waals surface area contributed by atoms with Crippen molar-refractivity contribution in [3.05, 3.63) is 69.8 Å². The predicted octanol–water partition coefficient (Wildman–Crippen LogP) is 4.90. The van der Waals surface area contributed by atoms with E-state index in [2.05, 4.69) is 15.9 Å². The van der Waals surface area contributed by atoms with E-state index in [-0.39, 0.29) is 5.78 Å². The lowest BCUT2D eigenvalue weighted by Gasteiger charge is -2.08. The number of hydrogen-bond donors (Lipinski definition) is 0. The van der Waals surface area contributed by atoms with Crippen LogP contribution in [0.4, 0.5) is 0 Å². The van der Waals surface area contributed by atoms with Gasteiger partial charge in [0.05, 0.1) is 6.54 Å². The molecule has 0 radical (unpaired) electrons. The second-order valence-electron chi connectivity index (χ2n) is 5.36. The zero-order valence-electron chi connectivity index (χ0n) is 12.1. The molecule has 0 atom stereocenters. The fraction of sp³-hybridized carbons (Fsp3) is 0.167. The molecule has 1 aromatic heterocycles. The third-order valence-corrected chi connectivity index (χ3v) is 4.46. The van der Waals surface area contributed by atoms with Crippen molar-refractivity contribution in [1.82, 2.24) is 4.57 Å². The molecule has 0 saturated heterocycles. The molecule has 0 saturated carbocycles. The highest BCUT2D eigenvalue weighted by Gasteiger charge is 2.12. The molecule has 0 aliphatic rings. The van der Waals surface area contributed by atoms with Gasteiger partial charge >= 0.3 is 0 Å². The van der Waals surface area contributed by atoms with Gasteiger partial charge in [-0.3, -0.25) is 4.79 Å². The number of aryl methyl sites for hydroxylation is 2. The Balaban J connectivity index is 1.97. The number of ketones is 1. The molecule has 1 heterocycles. The minimum atomic E-state index is 0.147. The third-order valence-electron chi connectivity index (χ3n) is 3.77. The number of hydrogen-bond acceptors (Lipinski definition) is 1. The Morgan fingerprint density at radius 2 is 1.95 bits per heavy atom. The van der Waals surface area contributed by atoms with Gasteiger partial charge in [0, 0.05) is 27.1 Å². The summed E-state index contributed by atoms with van der Waals surface area (Å²) in [4.78, 5) is 12.6.